The molecular formula is C12H8N2O. The van der Waals surface area contributed by atoms with E-state index >= 15 is 0 Å². The van der Waals surface area contributed by atoms with Gasteiger partial charge in [-0.25, -0.2) is 4.98 Å². The van der Waals surface area contributed by atoms with Crippen molar-refractivity contribution in [3.63, 3.8) is 0 Å². The van der Waals surface area contributed by atoms with Gasteiger partial charge in [-0.2, -0.15) is 0 Å². The molecule has 15 heavy (non-hydrogen) atoms. The van der Waals surface area contributed by atoms with Crippen LogP contribution in [0.1, 0.15) is 10.5 Å². The molecule has 0 saturated carbocycles. The summed E-state index contributed by atoms with van der Waals surface area (Å²) in [6.07, 6.45) is 5.05. The lowest BCUT2D eigenvalue weighted by Crippen LogP contribution is -2.06. The van der Waals surface area contributed by atoms with Crippen molar-refractivity contribution in [3.8, 4) is 11.4 Å². The Morgan fingerprint density at radius 2 is 1.87 bits per heavy atom. The number of carbonyl (C=O) groups excluding carboxylic acids is 1. The lowest BCUT2D eigenvalue weighted by atomic mass is 10.2. The number of fused-ring (bicyclic) bond motifs is 1. The molecule has 1 aromatic heterocycles. The van der Waals surface area contributed by atoms with Gasteiger partial charge in [0.05, 0.1) is 11.9 Å². The van der Waals surface area contributed by atoms with Crippen molar-refractivity contribution in [1.29, 1.82) is 0 Å². The van der Waals surface area contributed by atoms with E-state index in [4.69, 9.17) is 0 Å². The van der Waals surface area contributed by atoms with Crippen LogP contribution in [0.2, 0.25) is 0 Å². The molecule has 1 aliphatic rings. The average molecular weight is 196 g/mol. The summed E-state index contributed by atoms with van der Waals surface area (Å²) in [5.41, 5.74) is 1.81. The minimum Gasteiger partial charge on any atom is -0.269 e. The van der Waals surface area contributed by atoms with Gasteiger partial charge in [-0.15, -0.1) is 0 Å². The van der Waals surface area contributed by atoms with E-state index in [1.165, 1.54) is 0 Å². The molecule has 0 amide bonds. The Morgan fingerprint density at radius 1 is 1.07 bits per heavy atom. The normalized spacial score (nSPS) is 13.2. The van der Waals surface area contributed by atoms with Crippen LogP contribution in [0.15, 0.2) is 42.6 Å². The van der Waals surface area contributed by atoms with Gasteiger partial charge in [0.1, 0.15) is 5.82 Å². The molecule has 0 saturated heterocycles. The molecular weight excluding hydrogens is 188 g/mol. The van der Waals surface area contributed by atoms with Crippen molar-refractivity contribution in [2.45, 2.75) is 0 Å². The molecule has 3 nitrogen and oxygen atoms in total. The van der Waals surface area contributed by atoms with E-state index in [0.717, 1.165) is 11.3 Å². The molecule has 2 heterocycles. The Hall–Kier alpha value is -2.16. The van der Waals surface area contributed by atoms with Crippen LogP contribution in [0.4, 0.5) is 0 Å². The van der Waals surface area contributed by atoms with Gasteiger partial charge in [-0.3, -0.25) is 9.36 Å². The highest BCUT2D eigenvalue weighted by molar-refractivity contribution is 6.01. The van der Waals surface area contributed by atoms with Crippen LogP contribution in [0.5, 0.6) is 0 Å². The number of rotatable bonds is 1. The maximum absolute atomic E-state index is 11.6. The fourth-order valence-corrected chi connectivity index (χ4v) is 1.74. The number of imidazole rings is 1. The third-order valence-corrected chi connectivity index (χ3v) is 2.44. The van der Waals surface area contributed by atoms with Crippen molar-refractivity contribution in [1.82, 2.24) is 9.55 Å². The summed E-state index contributed by atoms with van der Waals surface area (Å²) in [6.45, 7) is 0. The van der Waals surface area contributed by atoms with Crippen LogP contribution >= 0.6 is 0 Å². The van der Waals surface area contributed by atoms with E-state index in [2.05, 4.69) is 4.98 Å². The van der Waals surface area contributed by atoms with Gasteiger partial charge >= 0.3 is 0 Å². The highest BCUT2D eigenvalue weighted by atomic mass is 16.2. The van der Waals surface area contributed by atoms with Crippen LogP contribution in [0.25, 0.3) is 17.5 Å². The molecule has 0 fully saturated rings. The fourth-order valence-electron chi connectivity index (χ4n) is 1.74. The molecule has 0 unspecified atom stereocenters. The van der Waals surface area contributed by atoms with Crippen molar-refractivity contribution in [3.05, 3.63) is 48.3 Å². The van der Waals surface area contributed by atoms with Crippen LogP contribution < -0.4 is 0 Å². The summed E-state index contributed by atoms with van der Waals surface area (Å²) in [6, 6.07) is 9.70. The number of aromatic nitrogens is 2. The van der Waals surface area contributed by atoms with E-state index in [-0.39, 0.29) is 5.91 Å². The second kappa shape index (κ2) is 2.92. The van der Waals surface area contributed by atoms with E-state index in [9.17, 15) is 4.79 Å². The first-order valence-corrected chi connectivity index (χ1v) is 4.72. The van der Waals surface area contributed by atoms with E-state index in [0.29, 0.717) is 5.82 Å². The molecule has 0 N–H and O–H groups in total. The summed E-state index contributed by atoms with van der Waals surface area (Å²) in [5.74, 6) is 0.682. The van der Waals surface area contributed by atoms with Crippen molar-refractivity contribution in [2.24, 2.45) is 0 Å². The predicted octanol–water partition coefficient (Wildman–Crippen LogP) is 2.22. The van der Waals surface area contributed by atoms with Gasteiger partial charge < -0.3 is 0 Å². The second-order valence-electron chi connectivity index (χ2n) is 3.38. The van der Waals surface area contributed by atoms with Crippen LogP contribution in [0.3, 0.4) is 0 Å². The summed E-state index contributed by atoms with van der Waals surface area (Å²) in [4.78, 5) is 15.8. The minimum atomic E-state index is -0.0265. The van der Waals surface area contributed by atoms with Gasteiger partial charge in [-0.1, -0.05) is 30.3 Å². The zero-order valence-corrected chi connectivity index (χ0v) is 7.92. The Labute approximate surface area is 86.7 Å². The summed E-state index contributed by atoms with van der Waals surface area (Å²) in [5, 5.41) is 0. The summed E-state index contributed by atoms with van der Waals surface area (Å²) in [7, 11) is 0. The number of benzene rings is 1. The van der Waals surface area contributed by atoms with Crippen LogP contribution in [-0.2, 0) is 0 Å². The number of allylic oxidation sites excluding steroid dienone is 1. The largest absolute Gasteiger partial charge is 0.269 e. The van der Waals surface area contributed by atoms with Crippen LogP contribution in [-0.4, -0.2) is 15.5 Å². The summed E-state index contributed by atoms with van der Waals surface area (Å²) >= 11 is 0. The second-order valence-corrected chi connectivity index (χ2v) is 3.38. The Bertz CT molecular complexity index is 552. The highest BCUT2D eigenvalue weighted by Crippen LogP contribution is 2.23. The van der Waals surface area contributed by atoms with Gasteiger partial charge in [0, 0.05) is 11.6 Å². The Balaban J connectivity index is 2.21. The smallest absolute Gasteiger partial charge is 0.256 e. The van der Waals surface area contributed by atoms with Crippen molar-refractivity contribution < 1.29 is 4.79 Å². The van der Waals surface area contributed by atoms with Gasteiger partial charge in [0.25, 0.3) is 5.91 Å². The first kappa shape index (κ1) is 8.17. The summed E-state index contributed by atoms with van der Waals surface area (Å²) < 4.78 is 1.62. The predicted molar refractivity (Wildman–Crippen MR) is 57.3 cm³/mol. The van der Waals surface area contributed by atoms with Crippen molar-refractivity contribution in [2.75, 3.05) is 0 Å². The monoisotopic (exact) mass is 196 g/mol. The molecule has 3 heteroatoms. The topological polar surface area (TPSA) is 34.9 Å². The zero-order chi connectivity index (χ0) is 10.3. The molecule has 0 aliphatic carbocycles. The third-order valence-electron chi connectivity index (χ3n) is 2.44. The number of hydrogen-bond acceptors (Lipinski definition) is 2. The maximum Gasteiger partial charge on any atom is 0.256 e. The lowest BCUT2D eigenvalue weighted by Gasteiger charge is -2.02. The molecule has 0 radical (unpaired) electrons. The minimum absolute atomic E-state index is 0.0265. The van der Waals surface area contributed by atoms with E-state index in [1.807, 2.05) is 30.3 Å². The molecule has 3 rings (SSSR count). The molecule has 0 bridgehead atoms. The first-order valence-electron chi connectivity index (χ1n) is 4.72. The lowest BCUT2D eigenvalue weighted by molar-refractivity contribution is 0.0976. The van der Waals surface area contributed by atoms with Gasteiger partial charge in [0.2, 0.25) is 0 Å². The molecule has 0 atom stereocenters. The van der Waals surface area contributed by atoms with E-state index in [1.54, 1.807) is 22.9 Å². The maximum atomic E-state index is 11.6. The molecule has 72 valence electrons. The van der Waals surface area contributed by atoms with Crippen LogP contribution in [0, 0.1) is 0 Å². The van der Waals surface area contributed by atoms with Crippen molar-refractivity contribution >= 4 is 12.0 Å². The SMILES string of the molecule is O=C1C=Cc2cnc(-c3ccccc3)n21. The zero-order valence-electron chi connectivity index (χ0n) is 7.92. The van der Waals surface area contributed by atoms with E-state index < -0.39 is 0 Å². The average Bonchev–Trinajstić information content (AvgIpc) is 2.84. The Kier molecular flexibility index (Phi) is 1.59. The standard InChI is InChI=1S/C12H8N2O/c15-11-7-6-10-8-13-12(14(10)11)9-4-2-1-3-5-9/h1-8H. The first-order chi connectivity index (χ1) is 7.36. The molecule has 2 aromatic rings. The molecule has 1 aliphatic heterocycles. The van der Waals surface area contributed by atoms with Gasteiger partial charge in [0.15, 0.2) is 0 Å². The Morgan fingerprint density at radius 3 is 2.67 bits per heavy atom. The molecule has 0 spiro atoms. The van der Waals surface area contributed by atoms with Gasteiger partial charge in [-0.05, 0) is 6.08 Å². The quantitative estimate of drug-likeness (QED) is 0.700. The number of nitrogens with zero attached hydrogens (tertiary/aromatic N) is 2. The number of carbonyl (C=O) groups is 1. The highest BCUT2D eigenvalue weighted by Gasteiger charge is 2.18. The number of hydrogen-bond donors (Lipinski definition) is 0. The third kappa shape index (κ3) is 1.13. The fraction of sp³-hybridized carbons (Fsp3) is 0. The molecule has 1 aromatic carbocycles.